The number of nitrogens with two attached hydrogens (primary N) is 1. The van der Waals surface area contributed by atoms with Crippen molar-refractivity contribution in [2.24, 2.45) is 5.73 Å². The topological polar surface area (TPSA) is 86.7 Å². The van der Waals surface area contributed by atoms with Gasteiger partial charge in [-0.1, -0.05) is 0 Å². The second kappa shape index (κ2) is 0.976. The fourth-order valence-electron chi connectivity index (χ4n) is 0.358. The van der Waals surface area contributed by atoms with Crippen LogP contribution in [0.15, 0.2) is 0 Å². The molecule has 0 aliphatic heterocycles. The van der Waals surface area contributed by atoms with Crippen LogP contribution in [0.1, 0.15) is 0 Å². The summed E-state index contributed by atoms with van der Waals surface area (Å²) < 4.78 is 0. The lowest BCUT2D eigenvalue weighted by Crippen LogP contribution is -2.28. The van der Waals surface area contributed by atoms with Gasteiger partial charge in [-0.15, -0.1) is 0 Å². The third kappa shape index (κ3) is 0.450. The van der Waals surface area contributed by atoms with Crippen LogP contribution in [-0.4, -0.2) is 33.3 Å². The maximum Gasteiger partial charge on any atom is 0.171 e. The number of hydrogen-bond donors (Lipinski definition) is 4. The van der Waals surface area contributed by atoms with Crippen molar-refractivity contribution in [3.8, 4) is 0 Å². The molecule has 1 fully saturated rings. The van der Waals surface area contributed by atoms with Crippen molar-refractivity contribution in [1.82, 2.24) is 0 Å². The molecule has 0 spiro atoms. The average Bonchev–Trinajstić information content (AvgIpc) is 1.91. The summed E-state index contributed by atoms with van der Waals surface area (Å²) in [5.74, 6) is 0. The molecule has 4 nitrogen and oxygen atoms in total. The number of aliphatic hydroxyl groups is 3. The van der Waals surface area contributed by atoms with Crippen molar-refractivity contribution in [2.45, 2.75) is 17.9 Å². The van der Waals surface area contributed by atoms with Gasteiger partial charge in [-0.25, -0.2) is 0 Å². The van der Waals surface area contributed by atoms with E-state index in [1.54, 1.807) is 0 Å². The van der Waals surface area contributed by atoms with Gasteiger partial charge < -0.3 is 15.3 Å². The van der Waals surface area contributed by atoms with E-state index < -0.39 is 17.9 Å². The van der Waals surface area contributed by atoms with Crippen LogP contribution in [0.2, 0.25) is 0 Å². The molecule has 42 valence electrons. The van der Waals surface area contributed by atoms with E-state index in [1.165, 1.54) is 0 Å². The Kier molecular flexibility index (Phi) is 0.695. The summed E-state index contributed by atoms with van der Waals surface area (Å²) >= 11 is 0. The van der Waals surface area contributed by atoms with E-state index in [9.17, 15) is 0 Å². The minimum absolute atomic E-state index is 1.15. The molecule has 5 N–H and O–H groups in total. The van der Waals surface area contributed by atoms with Gasteiger partial charge in [-0.05, 0) is 0 Å². The summed E-state index contributed by atoms with van der Waals surface area (Å²) in [6, 6.07) is 0. The van der Waals surface area contributed by atoms with Crippen molar-refractivity contribution >= 4 is 0 Å². The fourth-order valence-corrected chi connectivity index (χ4v) is 0.358. The second-order valence-electron chi connectivity index (χ2n) is 1.78. The van der Waals surface area contributed by atoms with Gasteiger partial charge in [0.15, 0.2) is 5.72 Å². The Hall–Kier alpha value is -0.160. The molecule has 1 saturated carbocycles. The maximum atomic E-state index is 8.45. The van der Waals surface area contributed by atoms with Crippen LogP contribution in [0.5, 0.6) is 0 Å². The van der Waals surface area contributed by atoms with Crippen LogP contribution >= 0.6 is 0 Å². The van der Waals surface area contributed by atoms with Gasteiger partial charge in [-0.3, -0.25) is 5.73 Å². The van der Waals surface area contributed by atoms with Crippen LogP contribution in [0, 0.1) is 0 Å². The smallest absolute Gasteiger partial charge is 0.171 e. The van der Waals surface area contributed by atoms with Crippen molar-refractivity contribution < 1.29 is 15.3 Å². The largest absolute Gasteiger partial charge is 0.386 e. The van der Waals surface area contributed by atoms with Crippen LogP contribution in [-0.2, 0) is 0 Å². The van der Waals surface area contributed by atoms with E-state index in [0.717, 1.165) is 0 Å². The minimum atomic E-state index is -1.72. The lowest BCUT2D eigenvalue weighted by Gasteiger charge is -1.92. The van der Waals surface area contributed by atoms with E-state index in [4.69, 9.17) is 21.1 Å². The van der Waals surface area contributed by atoms with Gasteiger partial charge in [0.2, 0.25) is 0 Å². The molecule has 4 heteroatoms. The highest BCUT2D eigenvalue weighted by atomic mass is 16.4. The first-order valence-corrected chi connectivity index (χ1v) is 1.94. The minimum Gasteiger partial charge on any atom is -0.386 e. The number of aliphatic hydroxyl groups excluding tert-OH is 2. The van der Waals surface area contributed by atoms with Crippen LogP contribution in [0.4, 0.5) is 0 Å². The molecule has 3 atom stereocenters. The summed E-state index contributed by atoms with van der Waals surface area (Å²) in [4.78, 5) is 0. The molecular formula is C3H7NO3. The zero-order chi connectivity index (χ0) is 5.65. The van der Waals surface area contributed by atoms with Crippen molar-refractivity contribution in [1.29, 1.82) is 0 Å². The predicted octanol–water partition coefficient (Wildman–Crippen LogP) is -2.63. The molecule has 0 aromatic heterocycles. The summed E-state index contributed by atoms with van der Waals surface area (Å²) in [5.41, 5.74) is 3.09. The van der Waals surface area contributed by atoms with Gasteiger partial charge in [0, 0.05) is 0 Å². The van der Waals surface area contributed by atoms with Crippen LogP contribution < -0.4 is 5.73 Å². The highest BCUT2D eigenvalue weighted by Crippen LogP contribution is 2.29. The van der Waals surface area contributed by atoms with Crippen LogP contribution in [0.3, 0.4) is 0 Å². The molecule has 0 amide bonds. The quantitative estimate of drug-likeness (QED) is 0.254. The summed E-state index contributed by atoms with van der Waals surface area (Å²) in [6.07, 6.45) is -2.29. The zero-order valence-corrected chi connectivity index (χ0v) is 3.57. The standard InChI is InChI=1S/C3H7NO3/c4-3(7)1(5)2(3)6/h1-2,5-7H,4H2/t1-,2?,3?/m1/s1. The molecule has 1 aliphatic rings. The predicted molar refractivity (Wildman–Crippen MR) is 21.2 cm³/mol. The molecule has 7 heavy (non-hydrogen) atoms. The highest BCUT2D eigenvalue weighted by molar-refractivity contribution is 5.09. The van der Waals surface area contributed by atoms with Gasteiger partial charge >= 0.3 is 0 Å². The molecule has 0 heterocycles. The van der Waals surface area contributed by atoms with Gasteiger partial charge in [-0.2, -0.15) is 0 Å². The first kappa shape index (κ1) is 4.99. The summed E-state index contributed by atoms with van der Waals surface area (Å²) in [7, 11) is 0. The fraction of sp³-hybridized carbons (Fsp3) is 1.00. The molecule has 0 aromatic rings. The average molecular weight is 105 g/mol. The Morgan fingerprint density at radius 2 is 1.43 bits per heavy atom. The summed E-state index contributed by atoms with van der Waals surface area (Å²) in [6.45, 7) is 0. The third-order valence-electron chi connectivity index (χ3n) is 1.14. The lowest BCUT2D eigenvalue weighted by molar-refractivity contribution is 0.0759. The SMILES string of the molecule is NC1(O)C(O)[C@H]1O. The molecule has 0 radical (unpaired) electrons. The van der Waals surface area contributed by atoms with E-state index in [2.05, 4.69) is 0 Å². The van der Waals surface area contributed by atoms with Gasteiger partial charge in [0.25, 0.3) is 0 Å². The Balaban J connectivity index is 2.52. The highest BCUT2D eigenvalue weighted by Gasteiger charge is 2.61. The zero-order valence-electron chi connectivity index (χ0n) is 3.57. The first-order valence-electron chi connectivity index (χ1n) is 1.94. The molecular weight excluding hydrogens is 98.0 g/mol. The monoisotopic (exact) mass is 105 g/mol. The van der Waals surface area contributed by atoms with Gasteiger partial charge in [0.1, 0.15) is 12.2 Å². The molecule has 0 bridgehead atoms. The van der Waals surface area contributed by atoms with Gasteiger partial charge in [0.05, 0.1) is 0 Å². The normalized spacial score (nSPS) is 60.0. The van der Waals surface area contributed by atoms with Crippen molar-refractivity contribution in [3.63, 3.8) is 0 Å². The Morgan fingerprint density at radius 3 is 1.43 bits per heavy atom. The van der Waals surface area contributed by atoms with E-state index in [1.807, 2.05) is 0 Å². The number of hydrogen-bond acceptors (Lipinski definition) is 4. The summed E-state index contributed by atoms with van der Waals surface area (Å²) in [5, 5.41) is 25.1. The lowest BCUT2D eigenvalue weighted by atomic mass is 10.6. The molecule has 2 unspecified atom stereocenters. The van der Waals surface area contributed by atoms with E-state index in [-0.39, 0.29) is 0 Å². The third-order valence-corrected chi connectivity index (χ3v) is 1.14. The Bertz CT molecular complexity index is 82.2. The first-order chi connectivity index (χ1) is 3.07. The van der Waals surface area contributed by atoms with E-state index >= 15 is 0 Å². The van der Waals surface area contributed by atoms with Crippen molar-refractivity contribution in [2.75, 3.05) is 0 Å². The van der Waals surface area contributed by atoms with E-state index in [0.29, 0.717) is 0 Å². The maximum absolute atomic E-state index is 8.45. The van der Waals surface area contributed by atoms with Crippen LogP contribution in [0.25, 0.3) is 0 Å². The van der Waals surface area contributed by atoms with Crippen molar-refractivity contribution in [3.05, 3.63) is 0 Å². The molecule has 1 rings (SSSR count). The Morgan fingerprint density at radius 1 is 1.29 bits per heavy atom. The second-order valence-corrected chi connectivity index (χ2v) is 1.78. The molecule has 1 aliphatic carbocycles. The number of rotatable bonds is 0. The molecule has 0 aromatic carbocycles. The molecule has 0 saturated heterocycles. The Labute approximate surface area is 40.2 Å².